The van der Waals surface area contributed by atoms with Gasteiger partial charge in [0.05, 0.1) is 0 Å². The lowest BCUT2D eigenvalue weighted by Crippen LogP contribution is -2.24. The van der Waals surface area contributed by atoms with E-state index in [0.29, 0.717) is 12.3 Å². The van der Waals surface area contributed by atoms with Gasteiger partial charge in [-0.1, -0.05) is 26.0 Å². The maximum atomic E-state index is 11.5. The Balaban J connectivity index is 0.00000256. The van der Waals surface area contributed by atoms with Crippen LogP contribution in [0.15, 0.2) is 24.3 Å². The largest absolute Gasteiger partial charge is 0.327 e. The van der Waals surface area contributed by atoms with Gasteiger partial charge in [-0.25, -0.2) is 0 Å². The second kappa shape index (κ2) is 7.30. The van der Waals surface area contributed by atoms with Gasteiger partial charge in [0.2, 0.25) is 5.91 Å². The first-order valence-electron chi connectivity index (χ1n) is 5.64. The highest BCUT2D eigenvalue weighted by Gasteiger charge is 2.06. The highest BCUT2D eigenvalue weighted by Crippen LogP contribution is 2.18. The van der Waals surface area contributed by atoms with E-state index in [2.05, 4.69) is 25.2 Å². The molecule has 1 aromatic rings. The Labute approximate surface area is 109 Å². The molecule has 1 aromatic carbocycles. The van der Waals surface area contributed by atoms with Crippen molar-refractivity contribution in [1.82, 2.24) is 0 Å². The Morgan fingerprint density at radius 3 is 2.53 bits per heavy atom. The van der Waals surface area contributed by atoms with Gasteiger partial charge in [0.25, 0.3) is 0 Å². The highest BCUT2D eigenvalue weighted by atomic mass is 35.5. The summed E-state index contributed by atoms with van der Waals surface area (Å²) in [5, 5.41) is 2.85. The molecule has 3 N–H and O–H groups in total. The number of carbonyl (C=O) groups excluding carboxylic acids is 1. The highest BCUT2D eigenvalue weighted by molar-refractivity contribution is 5.91. The van der Waals surface area contributed by atoms with Crippen LogP contribution in [0.1, 0.15) is 38.7 Å². The fourth-order valence-corrected chi connectivity index (χ4v) is 1.48. The van der Waals surface area contributed by atoms with E-state index < -0.39 is 0 Å². The van der Waals surface area contributed by atoms with E-state index >= 15 is 0 Å². The number of hydrogen-bond acceptors (Lipinski definition) is 2. The first-order chi connectivity index (χ1) is 7.49. The van der Waals surface area contributed by atoms with Crippen molar-refractivity contribution in [3.63, 3.8) is 0 Å². The molecule has 0 aliphatic rings. The minimum atomic E-state index is -0.103. The molecule has 1 amide bonds. The first-order valence-corrected chi connectivity index (χ1v) is 5.64. The van der Waals surface area contributed by atoms with Crippen LogP contribution < -0.4 is 11.1 Å². The van der Waals surface area contributed by atoms with E-state index in [0.717, 1.165) is 5.69 Å². The van der Waals surface area contributed by atoms with Crippen LogP contribution in [0.3, 0.4) is 0 Å². The molecule has 0 aromatic heterocycles. The number of nitrogens with two attached hydrogens (primary N) is 1. The van der Waals surface area contributed by atoms with E-state index in [1.165, 1.54) is 5.56 Å². The van der Waals surface area contributed by atoms with Crippen molar-refractivity contribution >= 4 is 24.0 Å². The molecule has 17 heavy (non-hydrogen) atoms. The van der Waals surface area contributed by atoms with Crippen LogP contribution in [0.4, 0.5) is 5.69 Å². The maximum absolute atomic E-state index is 11.5. The van der Waals surface area contributed by atoms with Crippen molar-refractivity contribution < 1.29 is 4.79 Å². The zero-order valence-corrected chi connectivity index (χ0v) is 11.4. The van der Waals surface area contributed by atoms with Crippen LogP contribution in [0.2, 0.25) is 0 Å². The van der Waals surface area contributed by atoms with Crippen LogP contribution in [-0.4, -0.2) is 11.9 Å². The summed E-state index contributed by atoms with van der Waals surface area (Å²) in [6.07, 6.45) is 0.353. The van der Waals surface area contributed by atoms with Crippen molar-refractivity contribution in [2.45, 2.75) is 39.2 Å². The van der Waals surface area contributed by atoms with Gasteiger partial charge in [0.15, 0.2) is 0 Å². The number of amides is 1. The number of halogens is 1. The molecule has 0 aliphatic carbocycles. The van der Waals surface area contributed by atoms with Crippen molar-refractivity contribution in [3.05, 3.63) is 29.8 Å². The average molecular weight is 257 g/mol. The third kappa shape index (κ3) is 5.71. The number of anilines is 1. The maximum Gasteiger partial charge on any atom is 0.225 e. The van der Waals surface area contributed by atoms with E-state index in [4.69, 9.17) is 5.73 Å². The molecule has 4 heteroatoms. The van der Waals surface area contributed by atoms with Crippen molar-refractivity contribution in [2.75, 3.05) is 5.32 Å². The standard InChI is InChI=1S/C13H20N2O.ClH/c1-9(2)11-5-4-6-12(8-11)15-13(16)7-10(3)14;/h4-6,8-10H,7,14H2,1-3H3,(H,15,16);1H. The Bertz CT molecular complexity index is 364. The number of carbonyl (C=O) groups is 1. The lowest BCUT2D eigenvalue weighted by atomic mass is 10.0. The summed E-state index contributed by atoms with van der Waals surface area (Å²) in [5.41, 5.74) is 7.63. The van der Waals surface area contributed by atoms with Crippen LogP contribution in [0, 0.1) is 0 Å². The number of hydrogen-bond donors (Lipinski definition) is 2. The molecule has 0 bridgehead atoms. The van der Waals surface area contributed by atoms with Crippen molar-refractivity contribution in [2.24, 2.45) is 5.73 Å². The van der Waals surface area contributed by atoms with Crippen molar-refractivity contribution in [3.8, 4) is 0 Å². The number of nitrogens with one attached hydrogen (secondary N) is 1. The predicted molar refractivity (Wildman–Crippen MR) is 74.7 cm³/mol. The summed E-state index contributed by atoms with van der Waals surface area (Å²) in [6, 6.07) is 7.81. The van der Waals surface area contributed by atoms with E-state index in [9.17, 15) is 4.79 Å². The number of rotatable bonds is 4. The van der Waals surface area contributed by atoms with Crippen LogP contribution >= 0.6 is 12.4 Å². The Morgan fingerprint density at radius 2 is 2.00 bits per heavy atom. The molecule has 3 nitrogen and oxygen atoms in total. The molecule has 0 radical (unpaired) electrons. The third-order valence-electron chi connectivity index (χ3n) is 2.34. The Hall–Kier alpha value is -1.06. The fourth-order valence-electron chi connectivity index (χ4n) is 1.48. The summed E-state index contributed by atoms with van der Waals surface area (Å²) < 4.78 is 0. The molecule has 0 spiro atoms. The zero-order valence-electron chi connectivity index (χ0n) is 10.6. The second-order valence-corrected chi connectivity index (χ2v) is 4.51. The van der Waals surface area contributed by atoms with Gasteiger partial charge in [-0.15, -0.1) is 12.4 Å². The molecular formula is C13H21ClN2O. The zero-order chi connectivity index (χ0) is 12.1. The second-order valence-electron chi connectivity index (χ2n) is 4.51. The van der Waals surface area contributed by atoms with Gasteiger partial charge in [0.1, 0.15) is 0 Å². The summed E-state index contributed by atoms with van der Waals surface area (Å²) in [4.78, 5) is 11.5. The normalized spacial score (nSPS) is 11.8. The van der Waals surface area contributed by atoms with Gasteiger partial charge >= 0.3 is 0 Å². The Kier molecular flexibility index (Phi) is 6.85. The molecule has 0 heterocycles. The summed E-state index contributed by atoms with van der Waals surface area (Å²) in [6.45, 7) is 6.08. The molecule has 1 rings (SSSR count). The minimum Gasteiger partial charge on any atom is -0.327 e. The fraction of sp³-hybridized carbons (Fsp3) is 0.462. The molecule has 1 atom stereocenters. The monoisotopic (exact) mass is 256 g/mol. The molecule has 0 saturated carbocycles. The predicted octanol–water partition coefficient (Wildman–Crippen LogP) is 2.91. The summed E-state index contributed by atoms with van der Waals surface area (Å²) in [5.74, 6) is 0.432. The van der Waals surface area contributed by atoms with Gasteiger partial charge < -0.3 is 11.1 Å². The van der Waals surface area contributed by atoms with Crippen molar-refractivity contribution in [1.29, 1.82) is 0 Å². The van der Waals surface area contributed by atoms with Crippen LogP contribution in [0.25, 0.3) is 0 Å². The van der Waals surface area contributed by atoms with E-state index in [1.54, 1.807) is 0 Å². The third-order valence-corrected chi connectivity index (χ3v) is 2.34. The SMILES string of the molecule is CC(N)CC(=O)Nc1cccc(C(C)C)c1.Cl. The molecule has 96 valence electrons. The van der Waals surface area contributed by atoms with Crippen LogP contribution in [0.5, 0.6) is 0 Å². The molecule has 0 saturated heterocycles. The lowest BCUT2D eigenvalue weighted by Gasteiger charge is -2.10. The van der Waals surface area contributed by atoms with Gasteiger partial charge in [-0.3, -0.25) is 4.79 Å². The minimum absolute atomic E-state index is 0. The molecule has 1 unspecified atom stereocenters. The summed E-state index contributed by atoms with van der Waals surface area (Å²) in [7, 11) is 0. The van der Waals surface area contributed by atoms with Gasteiger partial charge in [-0.2, -0.15) is 0 Å². The molecular weight excluding hydrogens is 236 g/mol. The Morgan fingerprint density at radius 1 is 1.35 bits per heavy atom. The number of benzene rings is 1. The lowest BCUT2D eigenvalue weighted by molar-refractivity contribution is -0.116. The van der Waals surface area contributed by atoms with E-state index in [-0.39, 0.29) is 24.4 Å². The quantitative estimate of drug-likeness (QED) is 0.870. The first kappa shape index (κ1) is 15.9. The van der Waals surface area contributed by atoms with E-state index in [1.807, 2.05) is 25.1 Å². The van der Waals surface area contributed by atoms with Crippen LogP contribution in [-0.2, 0) is 4.79 Å². The van der Waals surface area contributed by atoms with Gasteiger partial charge in [0, 0.05) is 18.2 Å². The topological polar surface area (TPSA) is 55.1 Å². The van der Waals surface area contributed by atoms with Gasteiger partial charge in [-0.05, 0) is 30.5 Å². The average Bonchev–Trinajstić information content (AvgIpc) is 2.16. The molecule has 0 fully saturated rings. The smallest absolute Gasteiger partial charge is 0.225 e. The summed E-state index contributed by atoms with van der Waals surface area (Å²) >= 11 is 0. The molecule has 0 aliphatic heterocycles.